The predicted octanol–water partition coefficient (Wildman–Crippen LogP) is 3.26. The highest BCUT2D eigenvalue weighted by Gasteiger charge is 2.41. The minimum atomic E-state index is -0.506. The van der Waals surface area contributed by atoms with Crippen LogP contribution in [0.1, 0.15) is 37.8 Å². The van der Waals surface area contributed by atoms with Gasteiger partial charge < -0.3 is 24.4 Å². The zero-order chi connectivity index (χ0) is 23.8. The fourth-order valence-corrected chi connectivity index (χ4v) is 4.05. The molecule has 1 fully saturated rings. The van der Waals surface area contributed by atoms with E-state index in [0.717, 1.165) is 5.56 Å². The summed E-state index contributed by atoms with van der Waals surface area (Å²) in [7, 11) is 3.17. The average molecular weight is 455 g/mol. The van der Waals surface area contributed by atoms with Gasteiger partial charge in [0.1, 0.15) is 11.5 Å². The number of anilines is 1. The quantitative estimate of drug-likeness (QED) is 0.585. The summed E-state index contributed by atoms with van der Waals surface area (Å²) in [5.41, 5.74) is 1.51. The van der Waals surface area contributed by atoms with Crippen LogP contribution >= 0.6 is 0 Å². The normalized spacial score (nSPS) is 17.9. The number of ether oxygens (including phenoxy) is 3. The molecule has 2 unspecified atom stereocenters. The summed E-state index contributed by atoms with van der Waals surface area (Å²) < 4.78 is 15.4. The summed E-state index contributed by atoms with van der Waals surface area (Å²) in [6.07, 6.45) is 0.753. The molecule has 1 heterocycles. The molecule has 8 nitrogen and oxygen atoms in total. The lowest BCUT2D eigenvalue weighted by Gasteiger charge is -2.41. The number of carbonyl (C=O) groups excluding carboxylic acids is 3. The van der Waals surface area contributed by atoms with Crippen LogP contribution in [-0.4, -0.2) is 45.2 Å². The summed E-state index contributed by atoms with van der Waals surface area (Å²) in [6.45, 7) is 2.22. The number of nitrogens with zero attached hydrogens (tertiary/aromatic N) is 1. The summed E-state index contributed by atoms with van der Waals surface area (Å²) in [5.74, 6) is 0.260. The van der Waals surface area contributed by atoms with Crippen LogP contribution in [-0.2, 0) is 19.1 Å². The molecular formula is C25H30N2O6. The smallest absolute Gasteiger partial charge is 0.307 e. The van der Waals surface area contributed by atoms with Gasteiger partial charge in [-0.2, -0.15) is 0 Å². The highest BCUT2D eigenvalue weighted by atomic mass is 16.5. The Morgan fingerprint density at radius 3 is 2.18 bits per heavy atom. The van der Waals surface area contributed by atoms with Gasteiger partial charge in [-0.3, -0.25) is 14.4 Å². The summed E-state index contributed by atoms with van der Waals surface area (Å²) in [4.78, 5) is 39.6. The van der Waals surface area contributed by atoms with Crippen LogP contribution in [0.2, 0.25) is 0 Å². The fraction of sp³-hybridized carbons (Fsp3) is 0.400. The number of hydrogen-bond acceptors (Lipinski definition) is 6. The molecule has 8 heteroatoms. The molecule has 2 atom stereocenters. The minimum absolute atomic E-state index is 0.0587. The van der Waals surface area contributed by atoms with Crippen LogP contribution < -0.4 is 19.7 Å². The van der Waals surface area contributed by atoms with Crippen molar-refractivity contribution in [2.24, 2.45) is 5.92 Å². The van der Waals surface area contributed by atoms with Crippen molar-refractivity contribution in [3.63, 3.8) is 0 Å². The number of nitrogens with one attached hydrogen (secondary N) is 1. The third kappa shape index (κ3) is 5.83. The Labute approximate surface area is 193 Å². The first-order valence-electron chi connectivity index (χ1n) is 11.0. The average Bonchev–Trinajstić information content (AvgIpc) is 2.84. The predicted molar refractivity (Wildman–Crippen MR) is 123 cm³/mol. The number of rotatable bonds is 9. The Morgan fingerprint density at radius 2 is 1.61 bits per heavy atom. The Balaban J connectivity index is 1.90. The van der Waals surface area contributed by atoms with E-state index < -0.39 is 12.0 Å². The summed E-state index contributed by atoms with van der Waals surface area (Å²) in [5, 5.41) is 2.85. The van der Waals surface area contributed by atoms with Gasteiger partial charge in [0.25, 0.3) is 0 Å². The van der Waals surface area contributed by atoms with Crippen molar-refractivity contribution in [1.29, 1.82) is 0 Å². The Morgan fingerprint density at radius 1 is 1.00 bits per heavy atom. The molecule has 0 spiro atoms. The van der Waals surface area contributed by atoms with Crippen LogP contribution in [0.15, 0.2) is 48.5 Å². The van der Waals surface area contributed by atoms with Crippen LogP contribution in [0.3, 0.4) is 0 Å². The molecule has 1 aliphatic heterocycles. The number of piperidine rings is 1. The number of carbonyl (C=O) groups is 3. The molecule has 0 saturated carbocycles. The molecule has 0 bridgehead atoms. The van der Waals surface area contributed by atoms with E-state index in [4.69, 9.17) is 14.2 Å². The Hall–Kier alpha value is -3.55. The van der Waals surface area contributed by atoms with E-state index in [1.807, 2.05) is 36.4 Å². The van der Waals surface area contributed by atoms with Crippen molar-refractivity contribution in [2.45, 2.75) is 32.2 Å². The highest BCUT2D eigenvalue weighted by molar-refractivity contribution is 5.97. The molecule has 0 radical (unpaired) electrons. The number of esters is 1. The molecule has 3 rings (SSSR count). The summed E-state index contributed by atoms with van der Waals surface area (Å²) in [6, 6.07) is 14.1. The third-order valence-electron chi connectivity index (χ3n) is 5.68. The van der Waals surface area contributed by atoms with Gasteiger partial charge in [0.15, 0.2) is 0 Å². The van der Waals surface area contributed by atoms with Crippen molar-refractivity contribution in [3.05, 3.63) is 54.1 Å². The number of benzene rings is 2. The van der Waals surface area contributed by atoms with Crippen molar-refractivity contribution >= 4 is 23.5 Å². The Kier molecular flexibility index (Phi) is 8.29. The first kappa shape index (κ1) is 24.1. The van der Waals surface area contributed by atoms with E-state index in [2.05, 4.69) is 5.32 Å². The maximum atomic E-state index is 13.2. The largest absolute Gasteiger partial charge is 0.497 e. The van der Waals surface area contributed by atoms with E-state index in [-0.39, 0.29) is 37.2 Å². The monoisotopic (exact) mass is 454 g/mol. The topological polar surface area (TPSA) is 94.2 Å². The van der Waals surface area contributed by atoms with Gasteiger partial charge in [0.05, 0.1) is 39.2 Å². The lowest BCUT2D eigenvalue weighted by atomic mass is 9.83. The van der Waals surface area contributed by atoms with Crippen molar-refractivity contribution in [2.75, 3.05) is 32.3 Å². The molecule has 1 aliphatic rings. The van der Waals surface area contributed by atoms with Gasteiger partial charge in [-0.1, -0.05) is 12.1 Å². The zero-order valence-electron chi connectivity index (χ0n) is 19.2. The molecular weight excluding hydrogens is 424 g/mol. The van der Waals surface area contributed by atoms with Crippen molar-refractivity contribution in [3.8, 4) is 11.5 Å². The molecule has 2 aromatic rings. The maximum absolute atomic E-state index is 13.2. The maximum Gasteiger partial charge on any atom is 0.307 e. The lowest BCUT2D eigenvalue weighted by Crippen LogP contribution is -2.48. The summed E-state index contributed by atoms with van der Waals surface area (Å²) >= 11 is 0. The molecule has 0 aliphatic carbocycles. The van der Waals surface area contributed by atoms with E-state index in [1.54, 1.807) is 38.2 Å². The van der Waals surface area contributed by atoms with E-state index in [0.29, 0.717) is 30.2 Å². The molecule has 176 valence electrons. The van der Waals surface area contributed by atoms with Gasteiger partial charge in [-0.15, -0.1) is 0 Å². The first-order chi connectivity index (χ1) is 16.0. The molecule has 0 aromatic heterocycles. The second kappa shape index (κ2) is 11.4. The third-order valence-corrected chi connectivity index (χ3v) is 5.68. The van der Waals surface area contributed by atoms with E-state index in [1.165, 1.54) is 0 Å². The number of hydrogen-bond donors (Lipinski definition) is 1. The zero-order valence-corrected chi connectivity index (χ0v) is 19.2. The van der Waals surface area contributed by atoms with Gasteiger partial charge in [-0.25, -0.2) is 0 Å². The standard InChI is InChI=1S/C25H30N2O6/c1-4-33-23(29)15-16-26-25(30)21-13-14-22(28)27(18-7-11-20(32-3)12-8-18)24(21)17-5-9-19(31-2)10-6-17/h5-12,21,24H,4,13-16H2,1-3H3,(H,26,30). The molecule has 2 aromatic carbocycles. The lowest BCUT2D eigenvalue weighted by molar-refractivity contribution is -0.143. The van der Waals surface area contributed by atoms with Crippen LogP contribution in [0, 0.1) is 5.92 Å². The van der Waals surface area contributed by atoms with Gasteiger partial charge in [-0.05, 0) is 55.3 Å². The van der Waals surface area contributed by atoms with E-state index >= 15 is 0 Å². The number of amides is 2. The fourth-order valence-electron chi connectivity index (χ4n) is 4.05. The molecule has 33 heavy (non-hydrogen) atoms. The van der Waals surface area contributed by atoms with Crippen LogP contribution in [0.5, 0.6) is 11.5 Å². The van der Waals surface area contributed by atoms with Gasteiger partial charge in [0.2, 0.25) is 11.8 Å². The van der Waals surface area contributed by atoms with Gasteiger partial charge >= 0.3 is 5.97 Å². The molecule has 2 amide bonds. The second-order valence-corrected chi connectivity index (χ2v) is 7.67. The Bertz CT molecular complexity index is 958. The minimum Gasteiger partial charge on any atom is -0.497 e. The second-order valence-electron chi connectivity index (χ2n) is 7.67. The van der Waals surface area contributed by atoms with Crippen LogP contribution in [0.4, 0.5) is 5.69 Å². The highest BCUT2D eigenvalue weighted by Crippen LogP contribution is 2.40. The molecule has 1 saturated heterocycles. The van der Waals surface area contributed by atoms with Crippen LogP contribution in [0.25, 0.3) is 0 Å². The van der Waals surface area contributed by atoms with Gasteiger partial charge in [0, 0.05) is 18.7 Å². The first-order valence-corrected chi connectivity index (χ1v) is 11.0. The van der Waals surface area contributed by atoms with Crippen molar-refractivity contribution < 1.29 is 28.6 Å². The van der Waals surface area contributed by atoms with Crippen molar-refractivity contribution in [1.82, 2.24) is 5.32 Å². The number of methoxy groups -OCH3 is 2. The SMILES string of the molecule is CCOC(=O)CCNC(=O)C1CCC(=O)N(c2ccc(OC)cc2)C1c1ccc(OC)cc1. The molecule has 1 N–H and O–H groups in total. The van der Waals surface area contributed by atoms with E-state index in [9.17, 15) is 14.4 Å².